The lowest BCUT2D eigenvalue weighted by atomic mass is 10.3. The third kappa shape index (κ3) is 4.13. The van der Waals surface area contributed by atoms with Gasteiger partial charge < -0.3 is 5.11 Å². The normalized spacial score (nSPS) is 13.2. The van der Waals surface area contributed by atoms with Crippen LogP contribution in [-0.2, 0) is 21.4 Å². The summed E-state index contributed by atoms with van der Waals surface area (Å²) in [4.78, 5) is 11.4. The summed E-state index contributed by atoms with van der Waals surface area (Å²) in [6.45, 7) is 1.89. The van der Waals surface area contributed by atoms with Crippen molar-refractivity contribution in [2.75, 3.05) is 0 Å². The van der Waals surface area contributed by atoms with Crippen LogP contribution in [-0.4, -0.2) is 29.3 Å². The number of aryl methyl sites for hydroxylation is 1. The maximum absolute atomic E-state index is 12.2. The van der Waals surface area contributed by atoms with Gasteiger partial charge in [0.2, 0.25) is 10.0 Å². The highest BCUT2D eigenvalue weighted by molar-refractivity contribution is 7.89. The quantitative estimate of drug-likeness (QED) is 0.801. The fourth-order valence-corrected chi connectivity index (χ4v) is 3.70. The average molecular weight is 329 g/mol. The number of aromatic nitrogens is 2. The van der Waals surface area contributed by atoms with Crippen molar-refractivity contribution >= 4 is 27.3 Å². The number of aliphatic carboxylic acids is 1. The number of sulfonamides is 1. The van der Waals surface area contributed by atoms with Gasteiger partial charge in [-0.2, -0.15) is 5.10 Å². The van der Waals surface area contributed by atoms with Crippen molar-refractivity contribution in [2.24, 2.45) is 0 Å². The van der Waals surface area contributed by atoms with Crippen molar-refractivity contribution in [2.45, 2.75) is 30.8 Å². The number of carboxylic acid groups (broad SMARTS) is 1. The second kappa shape index (κ2) is 6.37. The molecule has 0 aliphatic rings. The summed E-state index contributed by atoms with van der Waals surface area (Å²) in [7, 11) is -3.68. The first-order valence-corrected chi connectivity index (χ1v) is 8.55. The van der Waals surface area contributed by atoms with Crippen molar-refractivity contribution in [3.8, 4) is 0 Å². The molecule has 2 N–H and O–H groups in total. The zero-order valence-electron chi connectivity index (χ0n) is 11.3. The lowest BCUT2D eigenvalue weighted by Crippen LogP contribution is -2.26. The van der Waals surface area contributed by atoms with Crippen LogP contribution < -0.4 is 4.72 Å². The molecule has 0 aliphatic heterocycles. The number of hydrogen-bond donors (Lipinski definition) is 2. The first-order valence-electron chi connectivity index (χ1n) is 6.18. The molecule has 0 saturated heterocycles. The molecule has 0 aromatic carbocycles. The van der Waals surface area contributed by atoms with Crippen molar-refractivity contribution in [1.29, 1.82) is 0 Å². The standard InChI is InChI=1S/C12H15N3O4S2/c1-9(11-3-2-6-20-11)14-21(18,19)10-7-13-15(8-10)5-4-12(16)17/h2-3,6-9,14H,4-5H2,1H3,(H,16,17)/t9-/m0/s1. The summed E-state index contributed by atoms with van der Waals surface area (Å²) >= 11 is 1.47. The van der Waals surface area contributed by atoms with Gasteiger partial charge in [0.1, 0.15) is 4.90 Å². The van der Waals surface area contributed by atoms with E-state index in [4.69, 9.17) is 5.11 Å². The molecule has 7 nitrogen and oxygen atoms in total. The highest BCUT2D eigenvalue weighted by Gasteiger charge is 2.20. The van der Waals surface area contributed by atoms with Gasteiger partial charge in [-0.1, -0.05) is 6.07 Å². The Bertz CT molecular complexity index is 707. The molecule has 2 rings (SSSR count). The number of carbonyl (C=O) groups is 1. The molecule has 0 radical (unpaired) electrons. The van der Waals surface area contributed by atoms with Crippen LogP contribution in [0.4, 0.5) is 0 Å². The molecule has 9 heteroatoms. The van der Waals surface area contributed by atoms with Crippen LogP contribution in [0.1, 0.15) is 24.3 Å². The predicted octanol–water partition coefficient (Wildman–Crippen LogP) is 1.46. The van der Waals surface area contributed by atoms with Gasteiger partial charge in [-0.3, -0.25) is 9.48 Å². The van der Waals surface area contributed by atoms with E-state index < -0.39 is 16.0 Å². The Morgan fingerprint density at radius 1 is 1.57 bits per heavy atom. The average Bonchev–Trinajstić information content (AvgIpc) is 3.07. The molecule has 2 aromatic heterocycles. The second-order valence-corrected chi connectivity index (χ2v) is 7.13. The first kappa shape index (κ1) is 15.7. The van der Waals surface area contributed by atoms with E-state index in [1.807, 2.05) is 17.5 Å². The van der Waals surface area contributed by atoms with Crippen molar-refractivity contribution < 1.29 is 18.3 Å². The van der Waals surface area contributed by atoms with Crippen molar-refractivity contribution in [1.82, 2.24) is 14.5 Å². The number of nitrogens with one attached hydrogen (secondary N) is 1. The molecule has 0 spiro atoms. The minimum absolute atomic E-state index is 0.0243. The van der Waals surface area contributed by atoms with Gasteiger partial charge in [-0.15, -0.1) is 11.3 Å². The smallest absolute Gasteiger partial charge is 0.305 e. The second-order valence-electron chi connectivity index (χ2n) is 4.44. The third-order valence-electron chi connectivity index (χ3n) is 2.78. The molecule has 0 aliphatic carbocycles. The third-order valence-corrected chi connectivity index (χ3v) is 5.33. The number of nitrogens with zero attached hydrogens (tertiary/aromatic N) is 2. The molecular weight excluding hydrogens is 314 g/mol. The number of rotatable bonds is 7. The fourth-order valence-electron chi connectivity index (χ4n) is 1.71. The lowest BCUT2D eigenvalue weighted by Gasteiger charge is -2.11. The van der Waals surface area contributed by atoms with E-state index in [0.717, 1.165) is 4.88 Å². The summed E-state index contributed by atoms with van der Waals surface area (Å²) in [5.41, 5.74) is 0. The van der Waals surface area contributed by atoms with E-state index in [2.05, 4.69) is 9.82 Å². The first-order chi connectivity index (χ1) is 9.88. The number of carboxylic acids is 1. The molecule has 2 heterocycles. The monoisotopic (exact) mass is 329 g/mol. The largest absolute Gasteiger partial charge is 0.481 e. The minimum Gasteiger partial charge on any atom is -0.481 e. The zero-order valence-corrected chi connectivity index (χ0v) is 12.9. The topological polar surface area (TPSA) is 101 Å². The summed E-state index contributed by atoms with van der Waals surface area (Å²) in [5.74, 6) is -0.959. The van der Waals surface area contributed by atoms with Gasteiger partial charge in [-0.05, 0) is 18.4 Å². The minimum atomic E-state index is -3.68. The molecule has 0 fully saturated rings. The Kier molecular flexibility index (Phi) is 4.76. The van der Waals surface area contributed by atoms with Gasteiger partial charge >= 0.3 is 5.97 Å². The van der Waals surface area contributed by atoms with Gasteiger partial charge in [0.25, 0.3) is 0 Å². The zero-order chi connectivity index (χ0) is 15.5. The van der Waals surface area contributed by atoms with Crippen LogP contribution >= 0.6 is 11.3 Å². The highest BCUT2D eigenvalue weighted by atomic mass is 32.2. The molecule has 0 saturated carbocycles. The SMILES string of the molecule is C[C@H](NS(=O)(=O)c1cnn(CCC(=O)O)c1)c1cccs1. The maximum Gasteiger partial charge on any atom is 0.305 e. The van der Waals surface area contributed by atoms with E-state index in [1.54, 1.807) is 6.92 Å². The van der Waals surface area contributed by atoms with Gasteiger partial charge in [0.05, 0.1) is 25.2 Å². The Hall–Kier alpha value is -1.71. The van der Waals surface area contributed by atoms with Gasteiger partial charge in [-0.25, -0.2) is 13.1 Å². The van der Waals surface area contributed by atoms with Crippen LogP contribution in [0.3, 0.4) is 0 Å². The van der Waals surface area contributed by atoms with Crippen molar-refractivity contribution in [3.63, 3.8) is 0 Å². The summed E-state index contributed by atoms with van der Waals surface area (Å²) in [6, 6.07) is 3.38. The molecule has 1 atom stereocenters. The van der Waals surface area contributed by atoms with E-state index in [-0.39, 0.29) is 23.9 Å². The van der Waals surface area contributed by atoms with E-state index >= 15 is 0 Å². The van der Waals surface area contributed by atoms with Crippen LogP contribution in [0.2, 0.25) is 0 Å². The number of hydrogen-bond acceptors (Lipinski definition) is 5. The predicted molar refractivity (Wildman–Crippen MR) is 77.5 cm³/mol. The molecule has 0 bridgehead atoms. The maximum atomic E-state index is 12.2. The van der Waals surface area contributed by atoms with E-state index in [0.29, 0.717) is 0 Å². The van der Waals surface area contributed by atoms with Crippen LogP contribution in [0, 0.1) is 0 Å². The van der Waals surface area contributed by atoms with Crippen molar-refractivity contribution in [3.05, 3.63) is 34.8 Å². The van der Waals surface area contributed by atoms with Crippen LogP contribution in [0.25, 0.3) is 0 Å². The van der Waals surface area contributed by atoms with Gasteiger partial charge in [0, 0.05) is 11.1 Å². The summed E-state index contributed by atoms with van der Waals surface area (Å²) in [6.07, 6.45) is 2.43. The van der Waals surface area contributed by atoms with E-state index in [9.17, 15) is 13.2 Å². The molecular formula is C12H15N3O4S2. The number of thiophene rings is 1. The molecule has 114 valence electrons. The molecule has 0 unspecified atom stereocenters. The Morgan fingerprint density at radius 2 is 2.33 bits per heavy atom. The molecule has 0 amide bonds. The Morgan fingerprint density at radius 3 is 2.95 bits per heavy atom. The Balaban J connectivity index is 2.07. The van der Waals surface area contributed by atoms with Crippen LogP contribution in [0.5, 0.6) is 0 Å². The highest BCUT2D eigenvalue weighted by Crippen LogP contribution is 2.20. The van der Waals surface area contributed by atoms with Gasteiger partial charge in [0.15, 0.2) is 0 Å². The Labute approximate surface area is 126 Å². The lowest BCUT2D eigenvalue weighted by molar-refractivity contribution is -0.137. The summed E-state index contributed by atoms with van der Waals surface area (Å²) < 4.78 is 28.3. The molecule has 21 heavy (non-hydrogen) atoms. The van der Waals surface area contributed by atoms with Crippen LogP contribution in [0.15, 0.2) is 34.8 Å². The summed E-state index contributed by atoms with van der Waals surface area (Å²) in [5, 5.41) is 14.3. The fraction of sp³-hybridized carbons (Fsp3) is 0.333. The van der Waals surface area contributed by atoms with E-state index in [1.165, 1.54) is 28.4 Å². The molecule has 2 aromatic rings.